The summed E-state index contributed by atoms with van der Waals surface area (Å²) in [7, 11) is 1.94. The van der Waals surface area contributed by atoms with Crippen LogP contribution in [0.3, 0.4) is 0 Å². The lowest BCUT2D eigenvalue weighted by Gasteiger charge is -2.34. The van der Waals surface area contributed by atoms with Crippen molar-refractivity contribution in [1.82, 2.24) is 9.80 Å². The molecular weight excluding hydrogens is 232 g/mol. The maximum atomic E-state index is 12.0. The van der Waals surface area contributed by atoms with E-state index in [9.17, 15) is 9.59 Å². The normalized spacial score (nSPS) is 30.5. The summed E-state index contributed by atoms with van der Waals surface area (Å²) in [6.07, 6.45) is 1.06. The molecule has 0 aromatic heterocycles. The van der Waals surface area contributed by atoms with Crippen molar-refractivity contribution in [2.24, 2.45) is 0 Å². The molecule has 6 heteroatoms. The van der Waals surface area contributed by atoms with Crippen LogP contribution in [0.4, 0.5) is 4.79 Å². The number of hydrogen-bond acceptors (Lipinski definition) is 4. The number of likely N-dealkylation sites (N-methyl/N-ethyl adjacent to an activating group) is 2. The van der Waals surface area contributed by atoms with Crippen molar-refractivity contribution in [2.45, 2.75) is 25.4 Å². The summed E-state index contributed by atoms with van der Waals surface area (Å²) in [5.74, 6) is -0.165. The molecule has 0 bridgehead atoms. The van der Waals surface area contributed by atoms with Crippen molar-refractivity contribution >= 4 is 24.4 Å². The van der Waals surface area contributed by atoms with Crippen LogP contribution in [0.5, 0.6) is 0 Å². The van der Waals surface area contributed by atoms with E-state index < -0.39 is 11.7 Å². The molecule has 0 aromatic rings. The molecule has 5 nitrogen and oxygen atoms in total. The molecule has 2 amide bonds. The Labute approximate surface area is 101 Å². The Hall–Kier alpha value is -0.810. The largest absolute Gasteiger partial charge is 0.431 e. The quantitative estimate of drug-likeness (QED) is 0.691. The van der Waals surface area contributed by atoms with Gasteiger partial charge in [-0.25, -0.2) is 9.69 Å². The highest BCUT2D eigenvalue weighted by molar-refractivity contribution is 6.03. The van der Waals surface area contributed by atoms with Gasteiger partial charge in [0.25, 0.3) is 5.91 Å². The molecule has 1 unspecified atom stereocenters. The number of rotatable bonds is 1. The summed E-state index contributed by atoms with van der Waals surface area (Å²) < 4.78 is 5.27. The molecule has 2 saturated heterocycles. The number of nitrogens with zero attached hydrogens (tertiary/aromatic N) is 2. The van der Waals surface area contributed by atoms with Crippen LogP contribution >= 0.6 is 12.4 Å². The van der Waals surface area contributed by atoms with E-state index in [0.29, 0.717) is 19.5 Å². The highest BCUT2D eigenvalue weighted by Gasteiger charge is 2.54. The lowest BCUT2D eigenvalue weighted by atomic mass is 9.92. The van der Waals surface area contributed by atoms with Crippen molar-refractivity contribution in [2.75, 3.05) is 26.7 Å². The second kappa shape index (κ2) is 4.59. The van der Waals surface area contributed by atoms with Gasteiger partial charge in [-0.3, -0.25) is 4.79 Å². The van der Waals surface area contributed by atoms with E-state index in [-0.39, 0.29) is 18.3 Å². The van der Waals surface area contributed by atoms with Crippen molar-refractivity contribution < 1.29 is 14.3 Å². The maximum absolute atomic E-state index is 12.0. The second-order valence-electron chi connectivity index (χ2n) is 4.25. The third-order valence-electron chi connectivity index (χ3n) is 3.10. The third-order valence-corrected chi connectivity index (χ3v) is 3.10. The molecule has 2 rings (SSSR count). The predicted molar refractivity (Wildman–Crippen MR) is 60.6 cm³/mol. The van der Waals surface area contributed by atoms with Gasteiger partial charge in [-0.1, -0.05) is 0 Å². The van der Waals surface area contributed by atoms with Crippen LogP contribution < -0.4 is 0 Å². The molecule has 0 radical (unpaired) electrons. The number of carbonyl (C=O) groups is 2. The molecule has 1 spiro atoms. The van der Waals surface area contributed by atoms with E-state index >= 15 is 0 Å². The highest BCUT2D eigenvalue weighted by atomic mass is 35.5. The number of imide groups is 1. The van der Waals surface area contributed by atoms with E-state index in [1.54, 1.807) is 6.92 Å². The van der Waals surface area contributed by atoms with Crippen molar-refractivity contribution in [3.63, 3.8) is 0 Å². The minimum atomic E-state index is -0.889. The average molecular weight is 249 g/mol. The number of ether oxygens (including phenoxy) is 1. The van der Waals surface area contributed by atoms with Gasteiger partial charge in [0.2, 0.25) is 5.60 Å². The fourth-order valence-corrected chi connectivity index (χ4v) is 2.35. The maximum Gasteiger partial charge on any atom is 0.417 e. The van der Waals surface area contributed by atoms with Gasteiger partial charge in [-0.15, -0.1) is 12.4 Å². The number of likely N-dealkylation sites (tertiary alicyclic amines) is 1. The van der Waals surface area contributed by atoms with Crippen LogP contribution in [0.15, 0.2) is 0 Å². The summed E-state index contributed by atoms with van der Waals surface area (Å²) in [5.41, 5.74) is -0.889. The summed E-state index contributed by atoms with van der Waals surface area (Å²) in [6.45, 7) is 3.65. The lowest BCUT2D eigenvalue weighted by Crippen LogP contribution is -2.52. The number of carbonyl (C=O) groups excluding carboxylic acids is 2. The number of piperidine rings is 1. The monoisotopic (exact) mass is 248 g/mol. The Bertz CT molecular complexity index is 310. The first-order valence-corrected chi connectivity index (χ1v) is 5.32. The van der Waals surface area contributed by atoms with E-state index in [0.717, 1.165) is 13.0 Å². The van der Waals surface area contributed by atoms with E-state index in [4.69, 9.17) is 4.74 Å². The summed E-state index contributed by atoms with van der Waals surface area (Å²) in [4.78, 5) is 26.7. The van der Waals surface area contributed by atoms with E-state index in [1.165, 1.54) is 4.90 Å². The van der Waals surface area contributed by atoms with Crippen molar-refractivity contribution in [3.05, 3.63) is 0 Å². The summed E-state index contributed by atoms with van der Waals surface area (Å²) in [6, 6.07) is 0. The fourth-order valence-electron chi connectivity index (χ4n) is 2.35. The Morgan fingerprint density at radius 3 is 2.62 bits per heavy atom. The number of hydrogen-bond donors (Lipinski definition) is 0. The first kappa shape index (κ1) is 13.3. The molecule has 92 valence electrons. The lowest BCUT2D eigenvalue weighted by molar-refractivity contribution is -0.140. The SMILES string of the molecule is CCN1C(=O)OC2(CCCN(C)C2)C1=O.Cl. The van der Waals surface area contributed by atoms with E-state index in [1.807, 2.05) is 11.9 Å². The molecule has 0 saturated carbocycles. The predicted octanol–water partition coefficient (Wildman–Crippen LogP) is 0.871. The van der Waals surface area contributed by atoms with Crippen LogP contribution in [0.25, 0.3) is 0 Å². The van der Waals surface area contributed by atoms with Gasteiger partial charge < -0.3 is 9.64 Å². The van der Waals surface area contributed by atoms with E-state index in [2.05, 4.69) is 0 Å². The summed E-state index contributed by atoms with van der Waals surface area (Å²) in [5, 5.41) is 0. The van der Waals surface area contributed by atoms with Gasteiger partial charge in [0.1, 0.15) is 0 Å². The number of amides is 2. The fraction of sp³-hybridized carbons (Fsp3) is 0.800. The first-order valence-electron chi connectivity index (χ1n) is 5.32. The van der Waals surface area contributed by atoms with Crippen molar-refractivity contribution in [1.29, 1.82) is 0 Å². The molecule has 2 fully saturated rings. The molecule has 2 heterocycles. The average Bonchev–Trinajstić information content (AvgIpc) is 2.38. The molecule has 16 heavy (non-hydrogen) atoms. The minimum Gasteiger partial charge on any atom is -0.431 e. The van der Waals surface area contributed by atoms with Crippen LogP contribution in [0.2, 0.25) is 0 Å². The van der Waals surface area contributed by atoms with Gasteiger partial charge in [-0.2, -0.15) is 0 Å². The zero-order valence-electron chi connectivity index (χ0n) is 9.56. The Morgan fingerprint density at radius 1 is 1.44 bits per heavy atom. The topological polar surface area (TPSA) is 49.9 Å². The smallest absolute Gasteiger partial charge is 0.417 e. The molecule has 0 N–H and O–H groups in total. The zero-order chi connectivity index (χ0) is 11.1. The van der Waals surface area contributed by atoms with Crippen LogP contribution in [-0.4, -0.2) is 54.1 Å². The van der Waals surface area contributed by atoms with Gasteiger partial charge >= 0.3 is 6.09 Å². The van der Waals surface area contributed by atoms with Crippen LogP contribution in [0, 0.1) is 0 Å². The van der Waals surface area contributed by atoms with Gasteiger partial charge in [0.05, 0.1) is 0 Å². The zero-order valence-corrected chi connectivity index (χ0v) is 10.4. The molecular formula is C10H17ClN2O3. The molecule has 2 aliphatic rings. The first-order chi connectivity index (χ1) is 7.09. The highest BCUT2D eigenvalue weighted by Crippen LogP contribution is 2.32. The Morgan fingerprint density at radius 2 is 2.12 bits per heavy atom. The Balaban J connectivity index is 0.00000128. The second-order valence-corrected chi connectivity index (χ2v) is 4.25. The van der Waals surface area contributed by atoms with Gasteiger partial charge in [0, 0.05) is 13.1 Å². The van der Waals surface area contributed by atoms with Crippen LogP contribution in [-0.2, 0) is 9.53 Å². The molecule has 0 aromatic carbocycles. The molecule has 1 atom stereocenters. The summed E-state index contributed by atoms with van der Waals surface area (Å²) >= 11 is 0. The van der Waals surface area contributed by atoms with Crippen LogP contribution in [0.1, 0.15) is 19.8 Å². The number of halogens is 1. The van der Waals surface area contributed by atoms with Crippen molar-refractivity contribution in [3.8, 4) is 0 Å². The third kappa shape index (κ3) is 1.89. The minimum absolute atomic E-state index is 0. The standard InChI is InChI=1S/C10H16N2O3.ClH/c1-3-12-8(13)10(15-9(12)14)5-4-6-11(2)7-10;/h3-7H2,1-2H3;1H. The molecule has 2 aliphatic heterocycles. The van der Waals surface area contributed by atoms with Gasteiger partial charge in [0.15, 0.2) is 0 Å². The Kier molecular flexibility index (Phi) is 3.80. The van der Waals surface area contributed by atoms with Gasteiger partial charge in [-0.05, 0) is 33.4 Å². The molecule has 0 aliphatic carbocycles.